The summed E-state index contributed by atoms with van der Waals surface area (Å²) in [5.41, 5.74) is 0.713. The third kappa shape index (κ3) is 4.54. The zero-order chi connectivity index (χ0) is 17.2. The lowest BCUT2D eigenvalue weighted by atomic mass is 9.84. The third-order valence-electron chi connectivity index (χ3n) is 5.35. The molecule has 0 bridgehead atoms. The highest BCUT2D eigenvalue weighted by atomic mass is 35.5. The summed E-state index contributed by atoms with van der Waals surface area (Å²) < 4.78 is 27.0. The Bertz CT molecular complexity index is 567. The van der Waals surface area contributed by atoms with Crippen LogP contribution in [0.2, 0.25) is 5.02 Å². The largest absolute Gasteiger partial charge is 0.303 e. The molecule has 1 heterocycles. The molecule has 1 aromatic carbocycles. The molecule has 24 heavy (non-hydrogen) atoms. The van der Waals surface area contributed by atoms with Crippen LogP contribution < -0.4 is 0 Å². The molecular formula is C19H24ClF2NO. The number of nitrogens with zero attached hydrogens (tertiary/aromatic N) is 1. The smallest absolute Gasteiger partial charge is 0.248 e. The van der Waals surface area contributed by atoms with Crippen LogP contribution in [0.3, 0.4) is 0 Å². The van der Waals surface area contributed by atoms with Crippen LogP contribution in [0, 0.1) is 11.8 Å². The van der Waals surface area contributed by atoms with Gasteiger partial charge in [0.1, 0.15) is 0 Å². The highest BCUT2D eigenvalue weighted by Gasteiger charge is 2.37. The molecule has 1 aromatic rings. The molecule has 1 saturated heterocycles. The molecule has 1 aliphatic carbocycles. The van der Waals surface area contributed by atoms with E-state index in [4.69, 9.17) is 11.6 Å². The van der Waals surface area contributed by atoms with Crippen LogP contribution in [-0.2, 0) is 0 Å². The molecule has 2 nitrogen and oxygen atoms in total. The SMILES string of the molecule is O=C(c1ccc(Cl)cc1)C1CCN(C[C@@H]2CCCC(F)(F)C2)CC1. The van der Waals surface area contributed by atoms with Crippen LogP contribution in [0.5, 0.6) is 0 Å². The monoisotopic (exact) mass is 355 g/mol. The predicted octanol–water partition coefficient (Wildman–Crippen LogP) is 5.06. The van der Waals surface area contributed by atoms with E-state index in [2.05, 4.69) is 4.90 Å². The standard InChI is InChI=1S/C19H24ClF2NO/c20-17-5-3-15(4-6-17)18(24)16-7-10-23(11-8-16)13-14-2-1-9-19(21,22)12-14/h3-6,14,16H,1-2,7-13H2/t14-/m1/s1. The summed E-state index contributed by atoms with van der Waals surface area (Å²) in [5.74, 6) is -2.17. The average Bonchev–Trinajstić information content (AvgIpc) is 2.55. The van der Waals surface area contributed by atoms with Gasteiger partial charge in [-0.2, -0.15) is 0 Å². The molecule has 0 radical (unpaired) electrons. The number of carbonyl (C=O) groups excluding carboxylic acids is 1. The quantitative estimate of drug-likeness (QED) is 0.703. The summed E-state index contributed by atoms with van der Waals surface area (Å²) in [6.45, 7) is 2.40. The van der Waals surface area contributed by atoms with Crippen molar-refractivity contribution in [1.29, 1.82) is 0 Å². The van der Waals surface area contributed by atoms with Crippen LogP contribution in [0.15, 0.2) is 24.3 Å². The second-order valence-electron chi connectivity index (χ2n) is 7.26. The first-order valence-electron chi connectivity index (χ1n) is 8.83. The highest BCUT2D eigenvalue weighted by molar-refractivity contribution is 6.30. The third-order valence-corrected chi connectivity index (χ3v) is 5.60. The highest BCUT2D eigenvalue weighted by Crippen LogP contribution is 2.37. The first-order chi connectivity index (χ1) is 11.4. The van der Waals surface area contributed by atoms with Crippen molar-refractivity contribution in [3.05, 3.63) is 34.9 Å². The molecule has 1 aliphatic heterocycles. The Balaban J connectivity index is 1.49. The van der Waals surface area contributed by atoms with Gasteiger partial charge in [-0.15, -0.1) is 0 Å². The van der Waals surface area contributed by atoms with Crippen LogP contribution in [0.1, 0.15) is 48.9 Å². The first kappa shape index (κ1) is 17.8. The fraction of sp³-hybridized carbons (Fsp3) is 0.632. The van der Waals surface area contributed by atoms with Crippen molar-refractivity contribution in [3.63, 3.8) is 0 Å². The molecule has 1 saturated carbocycles. The van der Waals surface area contributed by atoms with Crippen LogP contribution in [-0.4, -0.2) is 36.2 Å². The predicted molar refractivity (Wildman–Crippen MR) is 91.9 cm³/mol. The molecule has 5 heteroatoms. The minimum atomic E-state index is -2.48. The van der Waals surface area contributed by atoms with Gasteiger partial charge in [0.05, 0.1) is 0 Å². The van der Waals surface area contributed by atoms with E-state index in [-0.39, 0.29) is 30.5 Å². The van der Waals surface area contributed by atoms with Crippen molar-refractivity contribution < 1.29 is 13.6 Å². The van der Waals surface area contributed by atoms with Gasteiger partial charge in [0.15, 0.2) is 5.78 Å². The maximum Gasteiger partial charge on any atom is 0.248 e. The first-order valence-corrected chi connectivity index (χ1v) is 9.21. The minimum Gasteiger partial charge on any atom is -0.303 e. The molecular weight excluding hydrogens is 332 g/mol. The van der Waals surface area contributed by atoms with Crippen molar-refractivity contribution in [2.75, 3.05) is 19.6 Å². The molecule has 0 amide bonds. The molecule has 132 valence electrons. The summed E-state index contributed by atoms with van der Waals surface area (Å²) in [5, 5.41) is 0.630. The zero-order valence-electron chi connectivity index (χ0n) is 13.8. The van der Waals surface area contributed by atoms with Crippen molar-refractivity contribution in [2.45, 2.75) is 44.4 Å². The molecule has 0 spiro atoms. The van der Waals surface area contributed by atoms with Gasteiger partial charge in [-0.05, 0) is 69.0 Å². The number of Topliss-reactive ketones (excluding diaryl/α,β-unsaturated/α-hetero) is 1. The van der Waals surface area contributed by atoms with Gasteiger partial charge in [0.2, 0.25) is 5.92 Å². The van der Waals surface area contributed by atoms with Gasteiger partial charge in [0, 0.05) is 35.9 Å². The van der Waals surface area contributed by atoms with E-state index in [0.29, 0.717) is 17.0 Å². The Morgan fingerprint density at radius 3 is 2.46 bits per heavy atom. The number of piperidine rings is 1. The lowest BCUT2D eigenvalue weighted by Crippen LogP contribution is -2.41. The van der Waals surface area contributed by atoms with Gasteiger partial charge >= 0.3 is 0 Å². The van der Waals surface area contributed by atoms with E-state index in [1.54, 1.807) is 24.3 Å². The number of rotatable bonds is 4. The lowest BCUT2D eigenvalue weighted by Gasteiger charge is -2.36. The Labute approximate surface area is 147 Å². The fourth-order valence-corrected chi connectivity index (χ4v) is 4.15. The van der Waals surface area contributed by atoms with Crippen molar-refractivity contribution in [1.82, 2.24) is 4.90 Å². The number of carbonyl (C=O) groups is 1. The van der Waals surface area contributed by atoms with Gasteiger partial charge in [0.25, 0.3) is 0 Å². The Kier molecular flexibility index (Phi) is 5.56. The molecule has 3 rings (SSSR count). The summed E-state index contributed by atoms with van der Waals surface area (Å²) in [7, 11) is 0. The van der Waals surface area contributed by atoms with E-state index in [9.17, 15) is 13.6 Å². The number of alkyl halides is 2. The molecule has 2 aliphatic rings. The Morgan fingerprint density at radius 1 is 1.17 bits per heavy atom. The van der Waals surface area contributed by atoms with E-state index >= 15 is 0 Å². The van der Waals surface area contributed by atoms with Gasteiger partial charge in [-0.25, -0.2) is 8.78 Å². The topological polar surface area (TPSA) is 20.3 Å². The zero-order valence-corrected chi connectivity index (χ0v) is 14.6. The lowest BCUT2D eigenvalue weighted by molar-refractivity contribution is -0.0577. The summed E-state index contributed by atoms with van der Waals surface area (Å²) >= 11 is 5.86. The molecule has 1 atom stereocenters. The number of ketones is 1. The maximum absolute atomic E-state index is 13.5. The van der Waals surface area contributed by atoms with E-state index in [1.165, 1.54) is 0 Å². The fourth-order valence-electron chi connectivity index (χ4n) is 4.02. The molecule has 0 N–H and O–H groups in total. The second-order valence-corrected chi connectivity index (χ2v) is 7.70. The van der Waals surface area contributed by atoms with E-state index in [1.807, 2.05) is 0 Å². The molecule has 0 unspecified atom stereocenters. The van der Waals surface area contributed by atoms with E-state index < -0.39 is 5.92 Å². The number of halogens is 3. The summed E-state index contributed by atoms with van der Waals surface area (Å²) in [6, 6.07) is 7.04. The summed E-state index contributed by atoms with van der Waals surface area (Å²) in [4.78, 5) is 14.8. The number of benzene rings is 1. The van der Waals surface area contributed by atoms with Crippen LogP contribution in [0.25, 0.3) is 0 Å². The number of hydrogen-bond acceptors (Lipinski definition) is 2. The second kappa shape index (κ2) is 7.49. The van der Waals surface area contributed by atoms with Gasteiger partial charge in [-0.3, -0.25) is 4.79 Å². The van der Waals surface area contributed by atoms with E-state index in [0.717, 1.165) is 38.9 Å². The van der Waals surface area contributed by atoms with Crippen LogP contribution in [0.4, 0.5) is 8.78 Å². The van der Waals surface area contributed by atoms with Crippen molar-refractivity contribution in [3.8, 4) is 0 Å². The number of hydrogen-bond donors (Lipinski definition) is 0. The Hall–Kier alpha value is -1.00. The van der Waals surface area contributed by atoms with Gasteiger partial charge in [-0.1, -0.05) is 11.6 Å². The minimum absolute atomic E-state index is 0.0244. The normalized spacial score (nSPS) is 25.5. The van der Waals surface area contributed by atoms with Crippen LogP contribution >= 0.6 is 11.6 Å². The Morgan fingerprint density at radius 2 is 1.83 bits per heavy atom. The summed E-state index contributed by atoms with van der Waals surface area (Å²) in [6.07, 6.45) is 3.22. The molecule has 0 aromatic heterocycles. The van der Waals surface area contributed by atoms with Crippen molar-refractivity contribution in [2.24, 2.45) is 11.8 Å². The number of likely N-dealkylation sites (tertiary alicyclic amines) is 1. The van der Waals surface area contributed by atoms with Crippen molar-refractivity contribution >= 4 is 17.4 Å². The van der Waals surface area contributed by atoms with Gasteiger partial charge < -0.3 is 4.90 Å². The average molecular weight is 356 g/mol. The molecule has 2 fully saturated rings. The maximum atomic E-state index is 13.5.